The first kappa shape index (κ1) is 29.5. The zero-order valence-corrected chi connectivity index (χ0v) is 27.3. The number of nitrogens with two attached hydrogens (primary N) is 1. The molecule has 240 valence electrons. The molecule has 3 saturated heterocycles. The highest BCUT2D eigenvalue weighted by Crippen LogP contribution is 2.49. The molecular formula is C34H41N9O2S. The number of carbonyl (C=O) groups excluding carboxylic acids is 1. The Hall–Kier alpha value is -3.95. The van der Waals surface area contributed by atoms with Gasteiger partial charge < -0.3 is 25.0 Å². The van der Waals surface area contributed by atoms with Crippen molar-refractivity contribution in [3.05, 3.63) is 46.7 Å². The Labute approximate surface area is 273 Å². The topological polar surface area (TPSA) is 132 Å². The summed E-state index contributed by atoms with van der Waals surface area (Å²) in [6.45, 7) is 12.1. The van der Waals surface area contributed by atoms with Crippen LogP contribution < -0.4 is 15.5 Å². The lowest BCUT2D eigenvalue weighted by Crippen LogP contribution is -2.56. The molecule has 4 fully saturated rings. The van der Waals surface area contributed by atoms with Crippen LogP contribution in [0, 0.1) is 17.2 Å². The van der Waals surface area contributed by atoms with E-state index in [-0.39, 0.29) is 11.9 Å². The summed E-state index contributed by atoms with van der Waals surface area (Å²) in [6.07, 6.45) is 9.39. The predicted molar refractivity (Wildman–Crippen MR) is 178 cm³/mol. The van der Waals surface area contributed by atoms with Crippen molar-refractivity contribution in [1.29, 1.82) is 5.26 Å². The minimum Gasteiger partial charge on any atom is -0.389 e. The van der Waals surface area contributed by atoms with E-state index >= 15 is 0 Å². The first-order chi connectivity index (χ1) is 22.4. The van der Waals surface area contributed by atoms with E-state index in [9.17, 15) is 10.1 Å². The van der Waals surface area contributed by atoms with Gasteiger partial charge in [-0.15, -0.1) is 11.3 Å². The third-order valence-electron chi connectivity index (χ3n) is 11.2. The van der Waals surface area contributed by atoms with Gasteiger partial charge in [0.25, 0.3) is 0 Å². The van der Waals surface area contributed by atoms with Crippen LogP contribution in [0.2, 0.25) is 0 Å². The van der Waals surface area contributed by atoms with Crippen LogP contribution in [-0.2, 0) is 16.6 Å². The van der Waals surface area contributed by atoms with E-state index in [1.165, 1.54) is 43.1 Å². The molecule has 8 rings (SSSR count). The summed E-state index contributed by atoms with van der Waals surface area (Å²) >= 11 is 1.50. The highest BCUT2D eigenvalue weighted by atomic mass is 32.1. The summed E-state index contributed by atoms with van der Waals surface area (Å²) in [4.78, 5) is 33.0. The molecule has 5 aliphatic rings. The van der Waals surface area contributed by atoms with Gasteiger partial charge in [-0.1, -0.05) is 24.6 Å². The van der Waals surface area contributed by atoms with Gasteiger partial charge >= 0.3 is 0 Å². The van der Waals surface area contributed by atoms with Crippen molar-refractivity contribution in [3.63, 3.8) is 0 Å². The number of fused-ring (bicyclic) bond motifs is 2. The van der Waals surface area contributed by atoms with Crippen LogP contribution in [0.4, 0.5) is 16.5 Å². The Morgan fingerprint density at radius 3 is 2.72 bits per heavy atom. The predicted octanol–water partition coefficient (Wildman–Crippen LogP) is 4.19. The Bertz CT molecular complexity index is 1710. The summed E-state index contributed by atoms with van der Waals surface area (Å²) in [7, 11) is 0. The number of piperazine rings is 1. The van der Waals surface area contributed by atoms with Crippen LogP contribution in [0.15, 0.2) is 29.3 Å². The smallest absolute Gasteiger partial charge is 0.246 e. The number of hydrogen-bond acceptors (Lipinski definition) is 11. The Kier molecular flexibility index (Phi) is 7.29. The highest BCUT2D eigenvalue weighted by molar-refractivity contribution is 7.16. The van der Waals surface area contributed by atoms with E-state index in [0.29, 0.717) is 40.4 Å². The van der Waals surface area contributed by atoms with Crippen LogP contribution in [0.1, 0.15) is 67.3 Å². The van der Waals surface area contributed by atoms with Gasteiger partial charge in [0.2, 0.25) is 17.6 Å². The summed E-state index contributed by atoms with van der Waals surface area (Å²) in [6, 6.07) is 7.59. The number of pyridine rings is 1. The maximum Gasteiger partial charge on any atom is 0.246 e. The van der Waals surface area contributed by atoms with Crippen LogP contribution >= 0.6 is 11.3 Å². The fourth-order valence-electron chi connectivity index (χ4n) is 8.63. The Morgan fingerprint density at radius 2 is 1.96 bits per heavy atom. The van der Waals surface area contributed by atoms with E-state index < -0.39 is 5.41 Å². The summed E-state index contributed by atoms with van der Waals surface area (Å²) in [5.41, 5.74) is 8.90. The molecule has 11 nitrogen and oxygen atoms in total. The average molecular weight is 640 g/mol. The van der Waals surface area contributed by atoms with Gasteiger partial charge in [0.05, 0.1) is 17.0 Å². The van der Waals surface area contributed by atoms with Gasteiger partial charge in [0.15, 0.2) is 0 Å². The molecule has 1 saturated carbocycles. The molecule has 1 unspecified atom stereocenters. The number of anilines is 3. The maximum atomic E-state index is 12.4. The monoisotopic (exact) mass is 639 g/mol. The molecule has 0 bridgehead atoms. The van der Waals surface area contributed by atoms with Crippen molar-refractivity contribution in [1.82, 2.24) is 24.9 Å². The molecule has 2 aliphatic carbocycles. The molecule has 6 heterocycles. The molecule has 12 heteroatoms. The third kappa shape index (κ3) is 4.78. The minimum atomic E-state index is -0.593. The number of carbonyl (C=O) groups is 1. The summed E-state index contributed by atoms with van der Waals surface area (Å²) in [5.74, 6) is 2.31. The molecule has 0 aromatic carbocycles. The lowest BCUT2D eigenvalue weighted by Gasteiger charge is -2.45. The second-order valence-corrected chi connectivity index (χ2v) is 15.0. The second-order valence-electron chi connectivity index (χ2n) is 13.8. The number of nitrogen functional groups attached to an aromatic ring is 1. The first-order valence-corrected chi connectivity index (χ1v) is 17.5. The largest absolute Gasteiger partial charge is 0.389 e. The van der Waals surface area contributed by atoms with Crippen molar-refractivity contribution in [2.45, 2.75) is 69.4 Å². The molecule has 3 aromatic heterocycles. The van der Waals surface area contributed by atoms with Crippen LogP contribution in [-0.4, -0.2) is 88.7 Å². The fourth-order valence-corrected chi connectivity index (χ4v) is 9.82. The quantitative estimate of drug-likeness (QED) is 0.392. The van der Waals surface area contributed by atoms with Gasteiger partial charge in [-0.05, 0) is 51.2 Å². The molecule has 2 N–H and O–H groups in total. The second kappa shape index (κ2) is 11.4. The standard InChI is InChI=1S/C34H41N9O2S/c1-3-29(44)42-18-21-19-43(26(21)20-42)23-15-25(37-28(16-23)41-13-11-40(12-14-41)22-7-4-5-8-22)32-38-33(45-39-32)34(2)10-6-9-27-30(34)24(17-35)31(36)46-27/h3,15-16,21-22,26H,1,4-14,18-20,36H2,2H3/t21-,26-,34?/m1/s1. The van der Waals surface area contributed by atoms with Gasteiger partial charge in [0.1, 0.15) is 22.6 Å². The summed E-state index contributed by atoms with van der Waals surface area (Å²) < 4.78 is 6.01. The Balaban J connectivity index is 1.12. The first-order valence-electron chi connectivity index (χ1n) is 16.7. The molecule has 46 heavy (non-hydrogen) atoms. The number of aryl methyl sites for hydroxylation is 1. The van der Waals surface area contributed by atoms with Gasteiger partial charge in [-0.2, -0.15) is 10.2 Å². The van der Waals surface area contributed by atoms with E-state index in [0.717, 1.165) is 86.5 Å². The lowest BCUT2D eigenvalue weighted by atomic mass is 9.72. The van der Waals surface area contributed by atoms with Crippen molar-refractivity contribution in [2.24, 2.45) is 5.92 Å². The van der Waals surface area contributed by atoms with E-state index in [1.54, 1.807) is 0 Å². The number of nitrogens with zero attached hydrogens (tertiary/aromatic N) is 8. The zero-order valence-electron chi connectivity index (χ0n) is 26.5. The van der Waals surface area contributed by atoms with E-state index in [1.807, 2.05) is 4.90 Å². The number of rotatable bonds is 6. The van der Waals surface area contributed by atoms with Gasteiger partial charge in [-0.25, -0.2) is 4.98 Å². The van der Waals surface area contributed by atoms with Crippen molar-refractivity contribution >= 4 is 33.8 Å². The normalized spacial score (nSPS) is 26.5. The highest BCUT2D eigenvalue weighted by Gasteiger charge is 2.47. The lowest BCUT2D eigenvalue weighted by molar-refractivity contribution is -0.125. The molecular weight excluding hydrogens is 599 g/mol. The van der Waals surface area contributed by atoms with E-state index in [2.05, 4.69) is 51.6 Å². The molecule has 3 aromatic rings. The Morgan fingerprint density at radius 1 is 1.15 bits per heavy atom. The van der Waals surface area contributed by atoms with Gasteiger partial charge in [0, 0.05) is 80.0 Å². The number of amides is 1. The molecule has 3 atom stereocenters. The summed E-state index contributed by atoms with van der Waals surface area (Å²) in [5, 5.41) is 15.0. The number of thiophene rings is 1. The number of aromatic nitrogens is 3. The van der Waals surface area contributed by atoms with Crippen molar-refractivity contribution in [3.8, 4) is 17.6 Å². The van der Waals surface area contributed by atoms with Crippen LogP contribution in [0.3, 0.4) is 0 Å². The molecule has 3 aliphatic heterocycles. The minimum absolute atomic E-state index is 0.00350. The van der Waals surface area contributed by atoms with Gasteiger partial charge in [-0.3, -0.25) is 9.69 Å². The third-order valence-corrected chi connectivity index (χ3v) is 12.3. The SMILES string of the molecule is C=CC(=O)N1C[C@@H]2CN(c3cc(-c4noc(C5(C)CCCc6sc(N)c(C#N)c65)n4)nc(N4CCN(C5CCCC5)CC4)c3)[C@@H]2C1. The van der Waals surface area contributed by atoms with Crippen LogP contribution in [0.5, 0.6) is 0 Å². The molecule has 1 amide bonds. The fraction of sp³-hybridized carbons (Fsp3) is 0.559. The average Bonchev–Trinajstić information content (AvgIpc) is 3.88. The molecule has 0 spiro atoms. The van der Waals surface area contributed by atoms with Crippen LogP contribution in [0.25, 0.3) is 11.5 Å². The van der Waals surface area contributed by atoms with Crippen molar-refractivity contribution in [2.75, 3.05) is 61.3 Å². The number of likely N-dealkylation sites (tertiary alicyclic amines) is 1. The maximum absolute atomic E-state index is 12.4. The van der Waals surface area contributed by atoms with E-state index in [4.69, 9.17) is 20.2 Å². The number of nitriles is 1. The zero-order chi connectivity index (χ0) is 31.6. The van der Waals surface area contributed by atoms with Crippen molar-refractivity contribution < 1.29 is 9.32 Å². The molecule has 0 radical (unpaired) electrons. The number of hydrogen-bond donors (Lipinski definition) is 1.